The quantitative estimate of drug-likeness (QED) is 0.691. The molecule has 152 valence electrons. The van der Waals surface area contributed by atoms with Crippen molar-refractivity contribution in [2.45, 2.75) is 58.7 Å². The van der Waals surface area contributed by atoms with Crippen molar-refractivity contribution in [2.75, 3.05) is 0 Å². The van der Waals surface area contributed by atoms with E-state index in [1.807, 2.05) is 12.3 Å². The van der Waals surface area contributed by atoms with Gasteiger partial charge >= 0.3 is 0 Å². The van der Waals surface area contributed by atoms with Gasteiger partial charge in [-0.2, -0.15) is 0 Å². The fourth-order valence-electron chi connectivity index (χ4n) is 4.13. The predicted molar refractivity (Wildman–Crippen MR) is 119 cm³/mol. The number of aliphatic hydroxyl groups excluding tert-OH is 1. The van der Waals surface area contributed by atoms with Crippen LogP contribution in [0.2, 0.25) is 0 Å². The van der Waals surface area contributed by atoms with E-state index in [4.69, 9.17) is 0 Å². The number of nitrogens with one attached hydrogen (secondary N) is 1. The lowest BCUT2D eigenvalue weighted by atomic mass is 9.70. The Morgan fingerprint density at radius 1 is 1.11 bits per heavy atom. The summed E-state index contributed by atoms with van der Waals surface area (Å²) in [6, 6.07) is 14.9. The van der Waals surface area contributed by atoms with E-state index < -0.39 is 6.10 Å². The summed E-state index contributed by atoms with van der Waals surface area (Å²) in [6.07, 6.45) is 4.58. The summed E-state index contributed by atoms with van der Waals surface area (Å²) in [5.41, 5.74) is 4.45. The third kappa shape index (κ3) is 4.83. The van der Waals surface area contributed by atoms with E-state index in [0.717, 1.165) is 17.7 Å². The molecule has 0 fully saturated rings. The second kappa shape index (κ2) is 9.21. The molecule has 2 heterocycles. The van der Waals surface area contributed by atoms with Gasteiger partial charge in [0.05, 0.1) is 12.1 Å². The minimum atomic E-state index is -0.403. The molecule has 1 aliphatic heterocycles. The van der Waals surface area contributed by atoms with E-state index in [0.29, 0.717) is 0 Å². The number of aromatic nitrogens is 1. The summed E-state index contributed by atoms with van der Waals surface area (Å²) >= 11 is 0. The molecule has 4 atom stereocenters. The Labute approximate surface area is 175 Å². The van der Waals surface area contributed by atoms with Crippen LogP contribution < -0.4 is 5.32 Å². The Morgan fingerprint density at radius 3 is 2.36 bits per heavy atom. The highest BCUT2D eigenvalue weighted by Crippen LogP contribution is 2.39. The van der Waals surface area contributed by atoms with Crippen LogP contribution in [-0.4, -0.2) is 21.7 Å². The van der Waals surface area contributed by atoms with Crippen LogP contribution in [0.15, 0.2) is 60.3 Å². The third-order valence-corrected chi connectivity index (χ3v) is 5.81. The zero-order valence-electron chi connectivity index (χ0n) is 17.5. The fraction of sp³-hybridized carbons (Fsp3) is 0.458. The first-order chi connectivity index (χ1) is 12.8. The monoisotopic (exact) mass is 400 g/mol. The van der Waals surface area contributed by atoms with Crippen LogP contribution in [0.4, 0.5) is 0 Å². The molecule has 0 amide bonds. The second-order valence-corrected chi connectivity index (χ2v) is 8.58. The van der Waals surface area contributed by atoms with Crippen molar-refractivity contribution >= 4 is 12.4 Å². The van der Waals surface area contributed by atoms with Gasteiger partial charge in [-0.3, -0.25) is 4.98 Å². The van der Waals surface area contributed by atoms with E-state index in [1.54, 1.807) is 0 Å². The lowest BCUT2D eigenvalue weighted by Gasteiger charge is -2.47. The van der Waals surface area contributed by atoms with Gasteiger partial charge in [-0.15, -0.1) is 12.4 Å². The van der Waals surface area contributed by atoms with Crippen molar-refractivity contribution in [3.63, 3.8) is 0 Å². The number of hydrogen-bond donors (Lipinski definition) is 2. The van der Waals surface area contributed by atoms with E-state index in [1.165, 1.54) is 11.1 Å². The van der Waals surface area contributed by atoms with Gasteiger partial charge in [0, 0.05) is 29.8 Å². The molecular formula is C24H33ClN2O. The van der Waals surface area contributed by atoms with E-state index >= 15 is 0 Å². The SMILES string of the molecule is CC1=CC(C(O)C(C)C)C(C)(Cc2ccc(C)cn2)NC1c1ccccc1.Cl. The first kappa shape index (κ1) is 22.6. The molecule has 0 aliphatic carbocycles. The fourth-order valence-corrected chi connectivity index (χ4v) is 4.13. The third-order valence-electron chi connectivity index (χ3n) is 5.81. The largest absolute Gasteiger partial charge is 0.392 e. The number of aliphatic hydroxyl groups is 1. The van der Waals surface area contributed by atoms with Gasteiger partial charge in [0.25, 0.3) is 0 Å². The van der Waals surface area contributed by atoms with Crippen molar-refractivity contribution in [3.8, 4) is 0 Å². The smallest absolute Gasteiger partial charge is 0.0643 e. The Balaban J connectivity index is 0.00000280. The first-order valence-corrected chi connectivity index (χ1v) is 9.91. The number of aryl methyl sites for hydroxylation is 1. The molecule has 1 aromatic carbocycles. The molecule has 1 aliphatic rings. The van der Waals surface area contributed by atoms with Crippen molar-refractivity contribution in [1.82, 2.24) is 10.3 Å². The lowest BCUT2D eigenvalue weighted by Crippen LogP contribution is -2.58. The molecule has 1 aromatic heterocycles. The average molecular weight is 401 g/mol. The molecule has 3 rings (SSSR count). The first-order valence-electron chi connectivity index (χ1n) is 9.91. The molecule has 28 heavy (non-hydrogen) atoms. The average Bonchev–Trinajstić information content (AvgIpc) is 2.65. The van der Waals surface area contributed by atoms with Gasteiger partial charge in [-0.1, -0.05) is 61.9 Å². The van der Waals surface area contributed by atoms with Gasteiger partial charge in [0.2, 0.25) is 0 Å². The number of halogens is 1. The number of rotatable bonds is 5. The molecule has 3 nitrogen and oxygen atoms in total. The maximum atomic E-state index is 11.0. The summed E-state index contributed by atoms with van der Waals surface area (Å²) in [4.78, 5) is 4.63. The molecule has 2 N–H and O–H groups in total. The lowest BCUT2D eigenvalue weighted by molar-refractivity contribution is 0.0314. The van der Waals surface area contributed by atoms with Crippen LogP contribution in [0.25, 0.3) is 0 Å². The molecule has 0 spiro atoms. The molecule has 0 bridgehead atoms. The summed E-state index contributed by atoms with van der Waals surface area (Å²) in [5, 5.41) is 14.9. The van der Waals surface area contributed by atoms with Crippen molar-refractivity contribution in [3.05, 3.63) is 77.1 Å². The molecule has 2 aromatic rings. The van der Waals surface area contributed by atoms with Crippen molar-refractivity contribution in [2.24, 2.45) is 11.8 Å². The summed E-state index contributed by atoms with van der Waals surface area (Å²) in [5.74, 6) is 0.222. The van der Waals surface area contributed by atoms with Crippen molar-refractivity contribution in [1.29, 1.82) is 0 Å². The van der Waals surface area contributed by atoms with Crippen LogP contribution in [0.5, 0.6) is 0 Å². The molecule has 0 saturated carbocycles. The highest BCUT2D eigenvalue weighted by Gasteiger charge is 2.43. The van der Waals surface area contributed by atoms with Gasteiger partial charge in [-0.05, 0) is 43.9 Å². The maximum absolute atomic E-state index is 11.0. The Bertz CT molecular complexity index is 788. The number of nitrogens with zero attached hydrogens (tertiary/aromatic N) is 1. The molecular weight excluding hydrogens is 368 g/mol. The van der Waals surface area contributed by atoms with Gasteiger partial charge in [0.1, 0.15) is 0 Å². The number of hydrogen-bond acceptors (Lipinski definition) is 3. The zero-order chi connectivity index (χ0) is 19.6. The summed E-state index contributed by atoms with van der Waals surface area (Å²) in [6.45, 7) is 10.6. The van der Waals surface area contributed by atoms with Gasteiger partial charge in [0.15, 0.2) is 0 Å². The predicted octanol–water partition coefficient (Wildman–Crippen LogP) is 5.04. The maximum Gasteiger partial charge on any atom is 0.0643 e. The van der Waals surface area contributed by atoms with E-state index in [2.05, 4.69) is 87.4 Å². The Hall–Kier alpha value is -1.68. The van der Waals surface area contributed by atoms with Crippen LogP contribution in [0, 0.1) is 18.8 Å². The highest BCUT2D eigenvalue weighted by molar-refractivity contribution is 5.85. The molecule has 0 saturated heterocycles. The van der Waals surface area contributed by atoms with Gasteiger partial charge < -0.3 is 10.4 Å². The van der Waals surface area contributed by atoms with Crippen molar-refractivity contribution < 1.29 is 5.11 Å². The summed E-state index contributed by atoms with van der Waals surface area (Å²) < 4.78 is 0. The number of benzene rings is 1. The van der Waals surface area contributed by atoms with Crippen LogP contribution in [0.3, 0.4) is 0 Å². The van der Waals surface area contributed by atoms with Gasteiger partial charge in [-0.25, -0.2) is 0 Å². The molecule has 4 unspecified atom stereocenters. The van der Waals surface area contributed by atoms with Crippen LogP contribution in [0.1, 0.15) is 50.6 Å². The normalized spacial score (nSPS) is 25.8. The second-order valence-electron chi connectivity index (χ2n) is 8.58. The van der Waals surface area contributed by atoms with E-state index in [9.17, 15) is 5.11 Å². The minimum absolute atomic E-state index is 0. The number of pyridine rings is 1. The standard InChI is InChI=1S/C24H32N2O.ClH/c1-16(2)23(27)21-13-18(4)22(19-9-7-6-8-10-19)26-24(21,5)14-20-12-11-17(3)15-25-20;/h6-13,15-16,21-23,26-27H,14H2,1-5H3;1H. The molecule has 4 heteroatoms. The zero-order valence-corrected chi connectivity index (χ0v) is 18.3. The molecule has 0 radical (unpaired) electrons. The minimum Gasteiger partial charge on any atom is -0.392 e. The summed E-state index contributed by atoms with van der Waals surface area (Å²) in [7, 11) is 0. The van der Waals surface area contributed by atoms with Crippen LogP contribution in [-0.2, 0) is 6.42 Å². The Kier molecular flexibility index (Phi) is 7.44. The van der Waals surface area contributed by atoms with E-state index in [-0.39, 0.29) is 35.8 Å². The van der Waals surface area contributed by atoms with Crippen LogP contribution >= 0.6 is 12.4 Å². The Morgan fingerprint density at radius 2 is 1.79 bits per heavy atom. The highest BCUT2D eigenvalue weighted by atomic mass is 35.5. The topological polar surface area (TPSA) is 45.2 Å².